The van der Waals surface area contributed by atoms with E-state index in [2.05, 4.69) is 15.6 Å². The molecule has 1 saturated carbocycles. The summed E-state index contributed by atoms with van der Waals surface area (Å²) in [6, 6.07) is 1.42. The van der Waals surface area contributed by atoms with Gasteiger partial charge in [0.2, 0.25) is 0 Å². The number of halogens is 1. The number of carbonyl (C=O) groups excluding carboxylic acids is 1. The molecule has 1 amide bonds. The molecule has 0 unspecified atom stereocenters. The van der Waals surface area contributed by atoms with Gasteiger partial charge in [-0.2, -0.15) is 0 Å². The van der Waals surface area contributed by atoms with Crippen LogP contribution in [0.1, 0.15) is 49.4 Å². The van der Waals surface area contributed by atoms with Gasteiger partial charge in [0.1, 0.15) is 0 Å². The molecule has 1 aliphatic rings. The molecule has 0 bridgehead atoms. The predicted octanol–water partition coefficient (Wildman–Crippen LogP) is 2.96. The lowest BCUT2D eigenvalue weighted by Crippen LogP contribution is -2.28. The van der Waals surface area contributed by atoms with Gasteiger partial charge in [-0.25, -0.2) is 9.37 Å². The SMILES string of the molecule is CCCNc1nccc(C(=O)NCCC2CCC2)c1F. The summed E-state index contributed by atoms with van der Waals surface area (Å²) in [5, 5.41) is 5.67. The Morgan fingerprint density at radius 1 is 1.45 bits per heavy atom. The van der Waals surface area contributed by atoms with Crippen LogP contribution in [-0.4, -0.2) is 24.0 Å². The van der Waals surface area contributed by atoms with Gasteiger partial charge in [0, 0.05) is 19.3 Å². The van der Waals surface area contributed by atoms with Crippen molar-refractivity contribution in [2.45, 2.75) is 39.0 Å². The van der Waals surface area contributed by atoms with Gasteiger partial charge in [0.15, 0.2) is 11.6 Å². The Morgan fingerprint density at radius 2 is 2.25 bits per heavy atom. The lowest BCUT2D eigenvalue weighted by atomic mass is 9.83. The number of nitrogens with zero attached hydrogens (tertiary/aromatic N) is 1. The van der Waals surface area contributed by atoms with Crippen molar-refractivity contribution in [2.75, 3.05) is 18.4 Å². The second-order valence-corrected chi connectivity index (χ2v) is 5.29. The number of hydrogen-bond acceptors (Lipinski definition) is 3. The monoisotopic (exact) mass is 279 g/mol. The normalized spacial score (nSPS) is 14.7. The zero-order valence-electron chi connectivity index (χ0n) is 11.9. The Bertz CT molecular complexity index is 460. The molecule has 0 saturated heterocycles. The van der Waals surface area contributed by atoms with Crippen LogP contribution in [0.5, 0.6) is 0 Å². The van der Waals surface area contributed by atoms with Crippen LogP contribution in [0.4, 0.5) is 10.2 Å². The summed E-state index contributed by atoms with van der Waals surface area (Å²) in [5.74, 6) is -0.0382. The zero-order chi connectivity index (χ0) is 14.4. The van der Waals surface area contributed by atoms with E-state index < -0.39 is 5.82 Å². The number of nitrogens with one attached hydrogen (secondary N) is 2. The fourth-order valence-corrected chi connectivity index (χ4v) is 2.25. The summed E-state index contributed by atoms with van der Waals surface area (Å²) >= 11 is 0. The third-order valence-corrected chi connectivity index (χ3v) is 3.74. The topological polar surface area (TPSA) is 54.0 Å². The van der Waals surface area contributed by atoms with Crippen LogP contribution in [0.2, 0.25) is 0 Å². The van der Waals surface area contributed by atoms with Crippen molar-refractivity contribution in [1.82, 2.24) is 10.3 Å². The molecule has 0 spiro atoms. The van der Waals surface area contributed by atoms with Gasteiger partial charge in [-0.05, 0) is 24.8 Å². The molecule has 4 nitrogen and oxygen atoms in total. The molecule has 1 aliphatic carbocycles. The van der Waals surface area contributed by atoms with Gasteiger partial charge in [-0.3, -0.25) is 4.79 Å². The van der Waals surface area contributed by atoms with Gasteiger partial charge >= 0.3 is 0 Å². The highest BCUT2D eigenvalue weighted by molar-refractivity contribution is 5.95. The van der Waals surface area contributed by atoms with E-state index in [0.717, 1.165) is 18.8 Å². The summed E-state index contributed by atoms with van der Waals surface area (Å²) in [6.07, 6.45) is 7.12. The highest BCUT2D eigenvalue weighted by Crippen LogP contribution is 2.28. The largest absolute Gasteiger partial charge is 0.368 e. The molecule has 1 fully saturated rings. The standard InChI is InChI=1S/C15H22FN3O/c1-2-8-17-14-13(16)12(7-10-18-14)15(20)19-9-6-11-4-3-5-11/h7,10-11H,2-6,8-9H2,1H3,(H,17,18)(H,19,20). The number of carbonyl (C=O) groups is 1. The zero-order valence-corrected chi connectivity index (χ0v) is 11.9. The summed E-state index contributed by atoms with van der Waals surface area (Å²) < 4.78 is 14.1. The van der Waals surface area contributed by atoms with Gasteiger partial charge in [-0.1, -0.05) is 26.2 Å². The fraction of sp³-hybridized carbons (Fsp3) is 0.600. The second-order valence-electron chi connectivity index (χ2n) is 5.29. The quantitative estimate of drug-likeness (QED) is 0.807. The van der Waals surface area contributed by atoms with Crippen molar-refractivity contribution in [3.63, 3.8) is 0 Å². The first-order valence-electron chi connectivity index (χ1n) is 7.39. The lowest BCUT2D eigenvalue weighted by molar-refractivity contribution is 0.0945. The first-order chi connectivity index (χ1) is 9.72. The fourth-order valence-electron chi connectivity index (χ4n) is 2.25. The first-order valence-corrected chi connectivity index (χ1v) is 7.39. The molecule has 0 atom stereocenters. The van der Waals surface area contributed by atoms with Crippen LogP contribution in [-0.2, 0) is 0 Å². The maximum Gasteiger partial charge on any atom is 0.254 e. The van der Waals surface area contributed by atoms with Crippen molar-refractivity contribution in [3.05, 3.63) is 23.6 Å². The molecule has 2 N–H and O–H groups in total. The van der Waals surface area contributed by atoms with E-state index in [1.54, 1.807) is 0 Å². The Morgan fingerprint density at radius 3 is 2.90 bits per heavy atom. The lowest BCUT2D eigenvalue weighted by Gasteiger charge is -2.25. The molecule has 0 aromatic carbocycles. The Kier molecular flexibility index (Phi) is 5.32. The van der Waals surface area contributed by atoms with Crippen LogP contribution in [0, 0.1) is 11.7 Å². The van der Waals surface area contributed by atoms with E-state index in [-0.39, 0.29) is 17.3 Å². The summed E-state index contributed by atoms with van der Waals surface area (Å²) in [7, 11) is 0. The molecule has 1 aromatic heterocycles. The second kappa shape index (κ2) is 7.22. The van der Waals surface area contributed by atoms with Crippen molar-refractivity contribution in [2.24, 2.45) is 5.92 Å². The maximum atomic E-state index is 14.1. The minimum absolute atomic E-state index is 0.0622. The van der Waals surface area contributed by atoms with Crippen LogP contribution in [0.25, 0.3) is 0 Å². The molecule has 0 radical (unpaired) electrons. The number of aromatic nitrogens is 1. The average Bonchev–Trinajstić information content (AvgIpc) is 2.40. The van der Waals surface area contributed by atoms with E-state index in [1.165, 1.54) is 31.5 Å². The van der Waals surface area contributed by atoms with Crippen molar-refractivity contribution in [1.29, 1.82) is 0 Å². The number of rotatable bonds is 7. The molecular formula is C15H22FN3O. The van der Waals surface area contributed by atoms with E-state index in [4.69, 9.17) is 0 Å². The Hall–Kier alpha value is -1.65. The van der Waals surface area contributed by atoms with Crippen LogP contribution >= 0.6 is 0 Å². The van der Waals surface area contributed by atoms with Gasteiger partial charge < -0.3 is 10.6 Å². The predicted molar refractivity (Wildman–Crippen MR) is 77.3 cm³/mol. The molecule has 5 heteroatoms. The van der Waals surface area contributed by atoms with Gasteiger partial charge in [-0.15, -0.1) is 0 Å². The van der Waals surface area contributed by atoms with Crippen LogP contribution < -0.4 is 10.6 Å². The minimum Gasteiger partial charge on any atom is -0.368 e. The van der Waals surface area contributed by atoms with Crippen molar-refractivity contribution in [3.8, 4) is 0 Å². The molecule has 1 aromatic rings. The Labute approximate surface area is 119 Å². The minimum atomic E-state index is -0.568. The summed E-state index contributed by atoms with van der Waals surface area (Å²) in [6.45, 7) is 3.24. The summed E-state index contributed by atoms with van der Waals surface area (Å²) in [5.41, 5.74) is 0.0622. The van der Waals surface area contributed by atoms with E-state index in [0.29, 0.717) is 13.1 Å². The van der Waals surface area contributed by atoms with Gasteiger partial charge in [0.05, 0.1) is 5.56 Å². The van der Waals surface area contributed by atoms with Gasteiger partial charge in [0.25, 0.3) is 5.91 Å². The number of anilines is 1. The van der Waals surface area contributed by atoms with E-state index >= 15 is 0 Å². The molecule has 110 valence electrons. The maximum absolute atomic E-state index is 14.1. The highest BCUT2D eigenvalue weighted by Gasteiger charge is 2.19. The Balaban J connectivity index is 1.90. The smallest absolute Gasteiger partial charge is 0.254 e. The van der Waals surface area contributed by atoms with Crippen LogP contribution in [0.15, 0.2) is 12.3 Å². The van der Waals surface area contributed by atoms with Crippen molar-refractivity contribution >= 4 is 11.7 Å². The van der Waals surface area contributed by atoms with E-state index in [9.17, 15) is 9.18 Å². The van der Waals surface area contributed by atoms with Crippen molar-refractivity contribution < 1.29 is 9.18 Å². The molecule has 2 rings (SSSR count). The number of amides is 1. The third kappa shape index (κ3) is 3.68. The average molecular weight is 279 g/mol. The van der Waals surface area contributed by atoms with Crippen LogP contribution in [0.3, 0.4) is 0 Å². The molecule has 20 heavy (non-hydrogen) atoms. The summed E-state index contributed by atoms with van der Waals surface area (Å²) in [4.78, 5) is 15.9. The third-order valence-electron chi connectivity index (χ3n) is 3.74. The molecular weight excluding hydrogens is 257 g/mol. The molecule has 1 heterocycles. The molecule has 0 aliphatic heterocycles. The number of pyridine rings is 1. The first kappa shape index (κ1) is 14.8. The number of hydrogen-bond donors (Lipinski definition) is 2. The highest BCUT2D eigenvalue weighted by atomic mass is 19.1. The van der Waals surface area contributed by atoms with E-state index in [1.807, 2.05) is 6.92 Å².